The lowest BCUT2D eigenvalue weighted by molar-refractivity contribution is 0.0678. The fourth-order valence-corrected chi connectivity index (χ4v) is 3.15. The number of hydrogen-bond donors (Lipinski definition) is 0. The van der Waals surface area contributed by atoms with Gasteiger partial charge in [-0.3, -0.25) is 9.69 Å². The Balaban J connectivity index is 1.84. The van der Waals surface area contributed by atoms with Gasteiger partial charge in [0.15, 0.2) is 11.6 Å². The molecule has 1 saturated heterocycles. The van der Waals surface area contributed by atoms with E-state index < -0.39 is 0 Å². The van der Waals surface area contributed by atoms with E-state index in [2.05, 4.69) is 28.9 Å². The molecule has 1 aliphatic rings. The maximum Gasteiger partial charge on any atom is 0.289 e. The summed E-state index contributed by atoms with van der Waals surface area (Å²) in [6.07, 6.45) is 2.43. The molecule has 0 N–H and O–H groups in total. The Labute approximate surface area is 141 Å². The van der Waals surface area contributed by atoms with Gasteiger partial charge in [0, 0.05) is 26.2 Å². The zero-order valence-electron chi connectivity index (χ0n) is 14.4. The first kappa shape index (κ1) is 16.7. The van der Waals surface area contributed by atoms with E-state index >= 15 is 0 Å². The Hall–Kier alpha value is -2.15. The number of carbonyl (C=O) groups excluding carboxylic acids is 1. The Morgan fingerprint density at radius 1 is 1.42 bits per heavy atom. The second kappa shape index (κ2) is 7.17. The van der Waals surface area contributed by atoms with Crippen molar-refractivity contribution in [3.63, 3.8) is 0 Å². The number of nitrogens with zero attached hydrogens (tertiary/aromatic N) is 4. The Kier molecular flexibility index (Phi) is 4.99. The van der Waals surface area contributed by atoms with Crippen molar-refractivity contribution in [2.75, 3.05) is 26.2 Å². The van der Waals surface area contributed by atoms with Gasteiger partial charge in [-0.15, -0.1) is 0 Å². The van der Waals surface area contributed by atoms with Crippen LogP contribution in [0.2, 0.25) is 0 Å². The lowest BCUT2D eigenvalue weighted by atomic mass is 10.1. The fourth-order valence-electron chi connectivity index (χ4n) is 3.15. The molecule has 1 aliphatic heterocycles. The van der Waals surface area contributed by atoms with Gasteiger partial charge in [0.05, 0.1) is 6.26 Å². The van der Waals surface area contributed by atoms with Gasteiger partial charge >= 0.3 is 0 Å². The van der Waals surface area contributed by atoms with Gasteiger partial charge in [-0.1, -0.05) is 19.0 Å². The number of aryl methyl sites for hydroxylation is 1. The van der Waals surface area contributed by atoms with Gasteiger partial charge in [-0.2, -0.15) is 4.98 Å². The quantitative estimate of drug-likeness (QED) is 0.856. The van der Waals surface area contributed by atoms with E-state index in [9.17, 15) is 4.79 Å². The fraction of sp³-hybridized carbons (Fsp3) is 0.588. The molecule has 24 heavy (non-hydrogen) atoms. The van der Waals surface area contributed by atoms with Crippen LogP contribution in [0.3, 0.4) is 0 Å². The molecule has 7 nitrogen and oxygen atoms in total. The molecule has 130 valence electrons. The number of carbonyl (C=O) groups is 1. The Morgan fingerprint density at radius 3 is 2.88 bits per heavy atom. The minimum absolute atomic E-state index is 0.0880. The largest absolute Gasteiger partial charge is 0.459 e. The molecule has 0 aliphatic carbocycles. The number of aromatic nitrogens is 2. The normalized spacial score (nSPS) is 19.7. The van der Waals surface area contributed by atoms with E-state index in [1.165, 1.54) is 6.26 Å². The third kappa shape index (κ3) is 3.67. The predicted molar refractivity (Wildman–Crippen MR) is 87.4 cm³/mol. The average Bonchev–Trinajstić information content (AvgIpc) is 3.16. The smallest absolute Gasteiger partial charge is 0.289 e. The average molecular weight is 332 g/mol. The summed E-state index contributed by atoms with van der Waals surface area (Å²) in [6, 6.07) is 3.34. The molecule has 1 unspecified atom stereocenters. The van der Waals surface area contributed by atoms with E-state index in [1.54, 1.807) is 12.1 Å². The van der Waals surface area contributed by atoms with E-state index in [0.717, 1.165) is 19.5 Å². The number of hydrogen-bond acceptors (Lipinski definition) is 6. The highest BCUT2D eigenvalue weighted by atomic mass is 16.5. The van der Waals surface area contributed by atoms with Gasteiger partial charge in [-0.05, 0) is 31.4 Å². The van der Waals surface area contributed by atoms with E-state index in [-0.39, 0.29) is 11.9 Å². The summed E-state index contributed by atoms with van der Waals surface area (Å²) < 4.78 is 10.7. The van der Waals surface area contributed by atoms with Crippen molar-refractivity contribution in [1.29, 1.82) is 0 Å². The summed E-state index contributed by atoms with van der Waals surface area (Å²) in [5.74, 6) is 1.99. The van der Waals surface area contributed by atoms with Gasteiger partial charge in [0.25, 0.3) is 5.91 Å². The van der Waals surface area contributed by atoms with Crippen LogP contribution >= 0.6 is 0 Å². The maximum atomic E-state index is 12.7. The van der Waals surface area contributed by atoms with Gasteiger partial charge < -0.3 is 13.8 Å². The van der Waals surface area contributed by atoms with E-state index in [1.807, 2.05) is 11.8 Å². The molecular weight excluding hydrogens is 308 g/mol. The Morgan fingerprint density at radius 2 is 2.25 bits per heavy atom. The molecule has 0 bridgehead atoms. The van der Waals surface area contributed by atoms with Crippen LogP contribution in [0.25, 0.3) is 0 Å². The number of amides is 1. The van der Waals surface area contributed by atoms with Crippen molar-refractivity contribution in [3.05, 3.63) is 35.9 Å². The van der Waals surface area contributed by atoms with E-state index in [0.29, 0.717) is 36.5 Å². The molecule has 0 aromatic carbocycles. The van der Waals surface area contributed by atoms with Crippen LogP contribution < -0.4 is 0 Å². The van der Waals surface area contributed by atoms with Crippen LogP contribution in [0.1, 0.15) is 48.6 Å². The van der Waals surface area contributed by atoms with Crippen LogP contribution in [0.4, 0.5) is 0 Å². The zero-order chi connectivity index (χ0) is 17.1. The maximum absolute atomic E-state index is 12.7. The highest BCUT2D eigenvalue weighted by Gasteiger charge is 2.33. The van der Waals surface area contributed by atoms with Crippen molar-refractivity contribution in [2.24, 2.45) is 5.92 Å². The van der Waals surface area contributed by atoms with Crippen LogP contribution in [0.15, 0.2) is 27.3 Å². The molecule has 3 heterocycles. The topological polar surface area (TPSA) is 75.6 Å². The molecule has 0 saturated carbocycles. The summed E-state index contributed by atoms with van der Waals surface area (Å²) in [7, 11) is 0. The summed E-state index contributed by atoms with van der Waals surface area (Å²) in [6.45, 7) is 9.22. The SMILES string of the molecule is Cc1noc(C2CN(C(=O)c3ccco3)CCCN2CC(C)C)n1. The molecule has 0 radical (unpaired) electrons. The third-order valence-electron chi connectivity index (χ3n) is 4.15. The van der Waals surface area contributed by atoms with Crippen molar-refractivity contribution in [2.45, 2.75) is 33.2 Å². The summed E-state index contributed by atoms with van der Waals surface area (Å²) in [5.41, 5.74) is 0. The van der Waals surface area contributed by atoms with Gasteiger partial charge in [0.1, 0.15) is 6.04 Å². The molecule has 2 aromatic rings. The lowest BCUT2D eigenvalue weighted by Gasteiger charge is -2.30. The minimum atomic E-state index is -0.0902. The first-order valence-electron chi connectivity index (χ1n) is 8.41. The molecular formula is C17H24N4O3. The molecule has 1 atom stereocenters. The minimum Gasteiger partial charge on any atom is -0.459 e. The monoisotopic (exact) mass is 332 g/mol. The standard InChI is InChI=1S/C17H24N4O3/c1-12(2)10-20-7-5-8-21(17(22)15-6-4-9-23-15)11-14(20)16-18-13(3)19-24-16/h4,6,9,12,14H,5,7-8,10-11H2,1-3H3. The highest BCUT2D eigenvalue weighted by molar-refractivity contribution is 5.91. The van der Waals surface area contributed by atoms with Gasteiger partial charge in [0.2, 0.25) is 5.89 Å². The summed E-state index contributed by atoms with van der Waals surface area (Å²) >= 11 is 0. The molecule has 7 heteroatoms. The van der Waals surface area contributed by atoms with Crippen LogP contribution in [-0.4, -0.2) is 52.0 Å². The van der Waals surface area contributed by atoms with Crippen molar-refractivity contribution < 1.29 is 13.7 Å². The highest BCUT2D eigenvalue weighted by Crippen LogP contribution is 2.26. The van der Waals surface area contributed by atoms with Crippen molar-refractivity contribution in [3.8, 4) is 0 Å². The number of rotatable bonds is 4. The second-order valence-electron chi connectivity index (χ2n) is 6.67. The van der Waals surface area contributed by atoms with Crippen LogP contribution in [0, 0.1) is 12.8 Å². The summed E-state index contributed by atoms with van der Waals surface area (Å²) in [5, 5.41) is 3.92. The van der Waals surface area contributed by atoms with Crippen molar-refractivity contribution >= 4 is 5.91 Å². The van der Waals surface area contributed by atoms with Crippen LogP contribution in [0.5, 0.6) is 0 Å². The summed E-state index contributed by atoms with van der Waals surface area (Å²) in [4.78, 5) is 21.2. The molecule has 3 rings (SSSR count). The molecule has 1 fully saturated rings. The third-order valence-corrected chi connectivity index (χ3v) is 4.15. The first-order valence-corrected chi connectivity index (χ1v) is 8.41. The van der Waals surface area contributed by atoms with Gasteiger partial charge in [-0.25, -0.2) is 0 Å². The first-order chi connectivity index (χ1) is 11.5. The predicted octanol–water partition coefficient (Wildman–Crippen LogP) is 2.52. The molecule has 1 amide bonds. The Bertz CT molecular complexity index is 665. The molecule has 0 spiro atoms. The zero-order valence-corrected chi connectivity index (χ0v) is 14.4. The number of furan rings is 1. The van der Waals surface area contributed by atoms with Crippen LogP contribution in [-0.2, 0) is 0 Å². The van der Waals surface area contributed by atoms with Crippen molar-refractivity contribution in [1.82, 2.24) is 19.9 Å². The molecule has 2 aromatic heterocycles. The van der Waals surface area contributed by atoms with E-state index in [4.69, 9.17) is 8.94 Å². The second-order valence-corrected chi connectivity index (χ2v) is 6.67. The lowest BCUT2D eigenvalue weighted by Crippen LogP contribution is -2.39.